The van der Waals surface area contributed by atoms with E-state index < -0.39 is 0 Å². The Bertz CT molecular complexity index is 2300. The highest BCUT2D eigenvalue weighted by Gasteiger charge is 2.38. The third kappa shape index (κ3) is 4.93. The molecule has 2 atom stereocenters. The van der Waals surface area contributed by atoms with Crippen LogP contribution in [0.3, 0.4) is 0 Å². The summed E-state index contributed by atoms with van der Waals surface area (Å²) in [5.74, 6) is 1.65. The number of hydrogen-bond donors (Lipinski definition) is 1. The van der Waals surface area contributed by atoms with Crippen LogP contribution in [0, 0.1) is 0 Å². The summed E-state index contributed by atoms with van der Waals surface area (Å²) in [7, 11) is 0. The molecule has 9 rings (SSSR count). The standard InChI is InChI=1S/C43H31N5/c1-3-12-29(13-4-1)31-16-11-17-32(26-31)33-23-25-41(48-39-20-9-7-18-35(39)36-19-8-10-21-40(36)48)37(27-33)38-24-22-34(28-44-38)43-45-42(46-47-43)30-14-5-2-6-15-30/h1-28,35,39H,(H,45,46,47). The van der Waals surface area contributed by atoms with Gasteiger partial charge in [0.15, 0.2) is 11.6 Å². The minimum Gasteiger partial charge on any atom is -0.333 e. The number of nitrogens with one attached hydrogen (secondary N) is 1. The molecule has 2 unspecified atom stereocenters. The predicted octanol–water partition coefficient (Wildman–Crippen LogP) is 10.3. The molecular formula is C43H31N5. The van der Waals surface area contributed by atoms with Gasteiger partial charge in [-0.25, -0.2) is 4.98 Å². The normalized spacial score (nSPS) is 16.1. The third-order valence-electron chi connectivity index (χ3n) is 9.35. The molecule has 0 spiro atoms. The molecule has 0 saturated heterocycles. The van der Waals surface area contributed by atoms with Crippen molar-refractivity contribution >= 4 is 11.4 Å². The number of pyridine rings is 1. The summed E-state index contributed by atoms with van der Waals surface area (Å²) < 4.78 is 0. The van der Waals surface area contributed by atoms with Crippen LogP contribution in [0.5, 0.6) is 0 Å². The zero-order chi connectivity index (χ0) is 31.9. The molecule has 5 nitrogen and oxygen atoms in total. The topological polar surface area (TPSA) is 57.7 Å². The first-order valence-corrected chi connectivity index (χ1v) is 16.3. The van der Waals surface area contributed by atoms with Crippen molar-refractivity contribution in [1.82, 2.24) is 20.2 Å². The summed E-state index contributed by atoms with van der Waals surface area (Å²) >= 11 is 0. The van der Waals surface area contributed by atoms with Gasteiger partial charge in [0.05, 0.1) is 17.4 Å². The van der Waals surface area contributed by atoms with Crippen LogP contribution in [-0.2, 0) is 0 Å². The lowest BCUT2D eigenvalue weighted by Gasteiger charge is -2.30. The summed E-state index contributed by atoms with van der Waals surface area (Å²) in [5.41, 5.74) is 12.2. The Morgan fingerprint density at radius 1 is 0.542 bits per heavy atom. The van der Waals surface area contributed by atoms with Crippen LogP contribution in [0.4, 0.5) is 11.4 Å². The maximum atomic E-state index is 5.05. The molecule has 0 fully saturated rings. The van der Waals surface area contributed by atoms with E-state index in [1.54, 1.807) is 0 Å². The average molecular weight is 618 g/mol. The second kappa shape index (κ2) is 11.8. The summed E-state index contributed by atoms with van der Waals surface area (Å²) in [6, 6.07) is 49.2. The molecule has 2 aromatic heterocycles. The number of nitrogens with zero attached hydrogens (tertiary/aromatic N) is 4. The van der Waals surface area contributed by atoms with E-state index in [9.17, 15) is 0 Å². The number of fused-ring (bicyclic) bond motifs is 3. The monoisotopic (exact) mass is 617 g/mol. The van der Waals surface area contributed by atoms with Gasteiger partial charge in [-0.1, -0.05) is 127 Å². The largest absolute Gasteiger partial charge is 0.333 e. The fourth-order valence-electron chi connectivity index (χ4n) is 7.01. The van der Waals surface area contributed by atoms with Gasteiger partial charge in [-0.15, -0.1) is 0 Å². The van der Waals surface area contributed by atoms with Gasteiger partial charge in [0.25, 0.3) is 0 Å². The molecule has 5 aromatic carbocycles. The first-order valence-electron chi connectivity index (χ1n) is 16.3. The van der Waals surface area contributed by atoms with Crippen LogP contribution < -0.4 is 4.90 Å². The smallest absolute Gasteiger partial charge is 0.181 e. The molecule has 1 aliphatic carbocycles. The Balaban J connectivity index is 1.15. The lowest BCUT2D eigenvalue weighted by Crippen LogP contribution is -2.29. The predicted molar refractivity (Wildman–Crippen MR) is 195 cm³/mol. The van der Waals surface area contributed by atoms with E-state index in [1.165, 1.54) is 22.4 Å². The lowest BCUT2D eigenvalue weighted by molar-refractivity contribution is 0.745. The fraction of sp³-hybridized carbons (Fsp3) is 0.0465. The molecule has 0 bridgehead atoms. The van der Waals surface area contributed by atoms with Crippen LogP contribution in [0.15, 0.2) is 170 Å². The number of H-pyrrole nitrogens is 1. The van der Waals surface area contributed by atoms with E-state index in [2.05, 4.69) is 149 Å². The zero-order valence-corrected chi connectivity index (χ0v) is 26.1. The van der Waals surface area contributed by atoms with Crippen molar-refractivity contribution in [2.75, 3.05) is 4.90 Å². The van der Waals surface area contributed by atoms with Gasteiger partial charge in [-0.2, -0.15) is 5.10 Å². The molecule has 5 heteroatoms. The van der Waals surface area contributed by atoms with Crippen molar-refractivity contribution in [2.45, 2.75) is 12.0 Å². The van der Waals surface area contributed by atoms with E-state index in [0.29, 0.717) is 17.6 Å². The van der Waals surface area contributed by atoms with Gasteiger partial charge in [-0.3, -0.25) is 10.1 Å². The number of allylic oxidation sites excluding steroid dienone is 2. The second-order valence-electron chi connectivity index (χ2n) is 12.2. The Kier molecular flexibility index (Phi) is 6.86. The molecule has 2 aliphatic rings. The zero-order valence-electron chi connectivity index (χ0n) is 26.1. The fourth-order valence-corrected chi connectivity index (χ4v) is 7.01. The van der Waals surface area contributed by atoms with Crippen LogP contribution in [0.25, 0.3) is 56.3 Å². The maximum Gasteiger partial charge on any atom is 0.181 e. The van der Waals surface area contributed by atoms with Crippen LogP contribution in [0.2, 0.25) is 0 Å². The minimum absolute atomic E-state index is 0.184. The number of rotatable bonds is 6. The highest BCUT2D eigenvalue weighted by molar-refractivity contribution is 5.89. The van der Waals surface area contributed by atoms with E-state index in [1.807, 2.05) is 36.5 Å². The van der Waals surface area contributed by atoms with Crippen molar-refractivity contribution in [2.24, 2.45) is 0 Å². The molecule has 0 radical (unpaired) electrons. The average Bonchev–Trinajstić information content (AvgIpc) is 3.80. The van der Waals surface area contributed by atoms with E-state index in [0.717, 1.165) is 39.2 Å². The summed E-state index contributed by atoms with van der Waals surface area (Å²) in [4.78, 5) is 12.3. The molecule has 1 N–H and O–H groups in total. The number of hydrogen-bond acceptors (Lipinski definition) is 4. The number of para-hydroxylation sites is 1. The molecule has 1 aliphatic heterocycles. The number of benzene rings is 5. The number of aromatic amines is 1. The van der Waals surface area contributed by atoms with E-state index >= 15 is 0 Å². The highest BCUT2D eigenvalue weighted by atomic mass is 15.2. The Morgan fingerprint density at radius 3 is 2.04 bits per heavy atom. The first kappa shape index (κ1) is 27.9. The molecular weight excluding hydrogens is 587 g/mol. The third-order valence-corrected chi connectivity index (χ3v) is 9.35. The molecule has 48 heavy (non-hydrogen) atoms. The lowest BCUT2D eigenvalue weighted by atomic mass is 9.91. The van der Waals surface area contributed by atoms with E-state index in [-0.39, 0.29) is 6.04 Å². The van der Waals surface area contributed by atoms with Crippen LogP contribution in [0.1, 0.15) is 11.5 Å². The van der Waals surface area contributed by atoms with Gasteiger partial charge in [0.2, 0.25) is 0 Å². The Labute approximate surface area is 279 Å². The molecule has 0 amide bonds. The summed E-state index contributed by atoms with van der Waals surface area (Å²) in [5, 5.41) is 7.57. The summed E-state index contributed by atoms with van der Waals surface area (Å²) in [6.07, 6.45) is 10.9. The molecule has 3 heterocycles. The van der Waals surface area contributed by atoms with Gasteiger partial charge in [0.1, 0.15) is 0 Å². The quantitative estimate of drug-likeness (QED) is 0.202. The van der Waals surface area contributed by atoms with Crippen molar-refractivity contribution in [3.8, 4) is 56.3 Å². The van der Waals surface area contributed by atoms with Gasteiger partial charge in [-0.05, 0) is 64.2 Å². The molecule has 7 aromatic rings. The Hall–Kier alpha value is -6.33. The van der Waals surface area contributed by atoms with Crippen LogP contribution >= 0.6 is 0 Å². The van der Waals surface area contributed by atoms with Crippen molar-refractivity contribution in [1.29, 1.82) is 0 Å². The van der Waals surface area contributed by atoms with Crippen molar-refractivity contribution in [3.05, 3.63) is 176 Å². The summed E-state index contributed by atoms with van der Waals surface area (Å²) in [6.45, 7) is 0. The number of aromatic nitrogens is 4. The molecule has 228 valence electrons. The minimum atomic E-state index is 0.184. The maximum absolute atomic E-state index is 5.05. The van der Waals surface area contributed by atoms with Gasteiger partial charge in [0, 0.05) is 34.5 Å². The SMILES string of the molecule is C1=CC2c3ccccc3N(c3ccc(-c4cccc(-c5ccccc5)c4)cc3-c3ccc(-c4nc(-c5ccccc5)n[nH]4)cn3)C2C=C1. The Morgan fingerprint density at radius 2 is 1.23 bits per heavy atom. The van der Waals surface area contributed by atoms with Gasteiger partial charge >= 0.3 is 0 Å². The van der Waals surface area contributed by atoms with E-state index in [4.69, 9.17) is 9.97 Å². The van der Waals surface area contributed by atoms with Crippen LogP contribution in [-0.4, -0.2) is 26.2 Å². The van der Waals surface area contributed by atoms with Crippen molar-refractivity contribution < 1.29 is 0 Å². The highest BCUT2D eigenvalue weighted by Crippen LogP contribution is 2.50. The van der Waals surface area contributed by atoms with Crippen molar-refractivity contribution in [3.63, 3.8) is 0 Å². The molecule has 0 saturated carbocycles. The number of anilines is 2. The van der Waals surface area contributed by atoms with Gasteiger partial charge < -0.3 is 4.90 Å². The first-order chi connectivity index (χ1) is 23.8. The second-order valence-corrected chi connectivity index (χ2v) is 12.2.